The first-order valence-electron chi connectivity index (χ1n) is 16.2. The molecule has 0 unspecified atom stereocenters. The van der Waals surface area contributed by atoms with Gasteiger partial charge in [-0.15, -0.1) is 11.3 Å². The molecule has 0 amide bonds. The molecule has 2 saturated heterocycles. The van der Waals surface area contributed by atoms with Crippen LogP contribution in [0.15, 0.2) is 54.9 Å². The second kappa shape index (κ2) is 11.6. The van der Waals surface area contributed by atoms with Crippen LogP contribution < -0.4 is 14.4 Å². The maximum absolute atomic E-state index is 5.92. The van der Waals surface area contributed by atoms with E-state index in [0.717, 1.165) is 45.8 Å². The molecule has 0 atom stereocenters. The van der Waals surface area contributed by atoms with Crippen LogP contribution in [0.5, 0.6) is 0 Å². The summed E-state index contributed by atoms with van der Waals surface area (Å²) < 4.78 is 13.6. The van der Waals surface area contributed by atoms with Crippen molar-refractivity contribution in [3.05, 3.63) is 71.5 Å². The largest absolute Gasteiger partial charge is 0.378 e. The normalized spacial score (nSPS) is 16.2. The number of hydrogen-bond acceptors (Lipinski definition) is 4. The summed E-state index contributed by atoms with van der Waals surface area (Å²) in [5.74, 6) is 1.61. The number of ether oxygens (including phenoxy) is 1. The lowest BCUT2D eigenvalue weighted by molar-refractivity contribution is -0.659. The second-order valence-electron chi connectivity index (χ2n) is 12.6. The van der Waals surface area contributed by atoms with Gasteiger partial charge in [0.05, 0.1) is 41.9 Å². The predicted molar refractivity (Wildman–Crippen MR) is 183 cm³/mol. The minimum Gasteiger partial charge on any atom is -0.378 e. The van der Waals surface area contributed by atoms with Crippen molar-refractivity contribution in [2.24, 2.45) is 7.05 Å². The quantitative estimate of drug-likeness (QED) is 0.186. The minimum absolute atomic E-state index is 0.368. The van der Waals surface area contributed by atoms with Crippen molar-refractivity contribution in [2.45, 2.75) is 59.3 Å². The second-order valence-corrected chi connectivity index (χ2v) is 13.6. The summed E-state index contributed by atoms with van der Waals surface area (Å²) in [6.07, 6.45) is 9.45. The molecular weight excluding hydrogens is 549 g/mol. The fourth-order valence-corrected chi connectivity index (χ4v) is 8.96. The molecule has 2 aromatic heterocycles. The van der Waals surface area contributed by atoms with Gasteiger partial charge in [-0.3, -0.25) is 0 Å². The lowest BCUT2D eigenvalue weighted by Crippen LogP contribution is -2.37. The fourth-order valence-electron chi connectivity index (χ4n) is 7.60. The van der Waals surface area contributed by atoms with Crippen molar-refractivity contribution in [3.63, 3.8) is 0 Å². The SMILES string of the molecule is CCc1ccccc1-c1n(-c2c(C(C)C)c(C)c3sc4c(N5CCCCC5)cccc4c3c2N2CCOCC2)cc[n+]1C. The highest BCUT2D eigenvalue weighted by Gasteiger charge is 2.34. The standard InChI is InChI=1S/C37H45N4OS/c1-6-27-13-8-9-14-28(27)37-38(5)19-20-41(37)34-31(25(2)3)26(4)35-32(33(34)40-21-23-42-24-22-40)29-15-12-16-30(36(29)43-35)39-17-10-7-11-18-39/h8-9,12-16,19-20,25H,6-7,10-11,17-18,21-24H2,1-5H3/q+1. The summed E-state index contributed by atoms with van der Waals surface area (Å²) in [7, 11) is 2.19. The average molecular weight is 594 g/mol. The molecule has 0 saturated carbocycles. The summed E-state index contributed by atoms with van der Waals surface area (Å²) >= 11 is 2.02. The van der Waals surface area contributed by atoms with Crippen molar-refractivity contribution in [2.75, 3.05) is 49.2 Å². The summed E-state index contributed by atoms with van der Waals surface area (Å²) in [6.45, 7) is 15.0. The van der Waals surface area contributed by atoms with Gasteiger partial charge in [-0.2, -0.15) is 4.57 Å². The van der Waals surface area contributed by atoms with Gasteiger partial charge in [-0.25, -0.2) is 4.57 Å². The molecule has 224 valence electrons. The Morgan fingerprint density at radius 2 is 1.65 bits per heavy atom. The van der Waals surface area contributed by atoms with Crippen molar-refractivity contribution in [1.29, 1.82) is 0 Å². The summed E-state index contributed by atoms with van der Waals surface area (Å²) in [5.41, 5.74) is 9.69. The number of fused-ring (bicyclic) bond motifs is 3. The summed E-state index contributed by atoms with van der Waals surface area (Å²) in [6, 6.07) is 16.0. The molecule has 2 fully saturated rings. The molecule has 0 radical (unpaired) electrons. The number of morpholine rings is 1. The van der Waals surface area contributed by atoms with Crippen molar-refractivity contribution in [1.82, 2.24) is 4.57 Å². The number of anilines is 2. The van der Waals surface area contributed by atoms with Crippen LogP contribution in [0.1, 0.15) is 62.6 Å². The lowest BCUT2D eigenvalue weighted by Gasteiger charge is -2.32. The Bertz CT molecular complexity index is 1790. The summed E-state index contributed by atoms with van der Waals surface area (Å²) in [4.78, 5) is 5.27. The van der Waals surface area contributed by atoms with Crippen LogP contribution in [0.2, 0.25) is 0 Å². The third-order valence-corrected chi connectivity index (χ3v) is 11.0. The van der Waals surface area contributed by atoms with E-state index >= 15 is 0 Å². The van der Waals surface area contributed by atoms with Gasteiger partial charge in [-0.05, 0) is 61.8 Å². The zero-order valence-corrected chi connectivity index (χ0v) is 27.3. The highest BCUT2D eigenvalue weighted by atomic mass is 32.1. The molecule has 3 aromatic carbocycles. The third-order valence-electron chi connectivity index (χ3n) is 9.64. The van der Waals surface area contributed by atoms with E-state index in [9.17, 15) is 0 Å². The van der Waals surface area contributed by atoms with Gasteiger partial charge in [-0.1, -0.05) is 51.1 Å². The average Bonchev–Trinajstić information content (AvgIpc) is 3.62. The van der Waals surface area contributed by atoms with Crippen molar-refractivity contribution in [3.8, 4) is 17.1 Å². The van der Waals surface area contributed by atoms with E-state index in [-0.39, 0.29) is 0 Å². The number of aryl methyl sites for hydroxylation is 3. The highest BCUT2D eigenvalue weighted by molar-refractivity contribution is 7.26. The Balaban J connectivity index is 1.61. The Labute approximate surface area is 260 Å². The Morgan fingerprint density at radius 1 is 0.884 bits per heavy atom. The molecule has 0 spiro atoms. The molecule has 0 N–H and O–H groups in total. The van der Waals surface area contributed by atoms with E-state index in [1.807, 2.05) is 11.3 Å². The number of aromatic nitrogens is 2. The number of thiophene rings is 1. The van der Waals surface area contributed by atoms with E-state index in [4.69, 9.17) is 4.74 Å². The van der Waals surface area contributed by atoms with E-state index in [1.165, 1.54) is 84.6 Å². The lowest BCUT2D eigenvalue weighted by atomic mass is 9.91. The van der Waals surface area contributed by atoms with Crippen LogP contribution >= 0.6 is 11.3 Å². The number of rotatable bonds is 6. The molecule has 5 nitrogen and oxygen atoms in total. The number of piperidine rings is 1. The molecule has 43 heavy (non-hydrogen) atoms. The molecule has 2 aliphatic rings. The zero-order chi connectivity index (χ0) is 29.7. The Morgan fingerprint density at radius 3 is 2.40 bits per heavy atom. The number of imidazole rings is 1. The van der Waals surface area contributed by atoms with Crippen LogP contribution in [0.4, 0.5) is 11.4 Å². The monoisotopic (exact) mass is 593 g/mol. The van der Waals surface area contributed by atoms with Crippen LogP contribution in [-0.4, -0.2) is 44.0 Å². The number of benzene rings is 3. The van der Waals surface area contributed by atoms with E-state index in [1.54, 1.807) is 0 Å². The molecule has 0 bridgehead atoms. The fraction of sp³-hybridized carbons (Fsp3) is 0.432. The Hall–Kier alpha value is -3.35. The van der Waals surface area contributed by atoms with E-state index in [0.29, 0.717) is 5.92 Å². The molecule has 5 aromatic rings. The van der Waals surface area contributed by atoms with Crippen LogP contribution in [0.3, 0.4) is 0 Å². The van der Waals surface area contributed by atoms with Gasteiger partial charge in [0.15, 0.2) is 5.69 Å². The van der Waals surface area contributed by atoms with E-state index in [2.05, 4.69) is 109 Å². The first kappa shape index (κ1) is 28.4. The van der Waals surface area contributed by atoms with E-state index < -0.39 is 0 Å². The van der Waals surface area contributed by atoms with Crippen LogP contribution in [0, 0.1) is 6.92 Å². The molecule has 7 rings (SSSR count). The molecule has 6 heteroatoms. The van der Waals surface area contributed by atoms with Gasteiger partial charge in [0.2, 0.25) is 0 Å². The first-order chi connectivity index (χ1) is 21.0. The molecular formula is C37H45N4OS+. The minimum atomic E-state index is 0.368. The van der Waals surface area contributed by atoms with Gasteiger partial charge < -0.3 is 14.5 Å². The number of hydrogen-bond donors (Lipinski definition) is 0. The molecule has 2 aliphatic heterocycles. The summed E-state index contributed by atoms with van der Waals surface area (Å²) in [5, 5.41) is 2.82. The molecule has 0 aliphatic carbocycles. The maximum atomic E-state index is 5.92. The predicted octanol–water partition coefficient (Wildman–Crippen LogP) is 8.16. The van der Waals surface area contributed by atoms with Crippen LogP contribution in [0.25, 0.3) is 37.2 Å². The van der Waals surface area contributed by atoms with Crippen molar-refractivity contribution < 1.29 is 9.30 Å². The highest BCUT2D eigenvalue weighted by Crippen LogP contribution is 2.51. The Kier molecular flexibility index (Phi) is 7.68. The van der Waals surface area contributed by atoms with Gasteiger partial charge in [0, 0.05) is 47.2 Å². The van der Waals surface area contributed by atoms with Gasteiger partial charge in [0.1, 0.15) is 12.4 Å². The first-order valence-corrected chi connectivity index (χ1v) is 17.1. The number of nitrogens with zero attached hydrogens (tertiary/aromatic N) is 4. The topological polar surface area (TPSA) is 24.5 Å². The van der Waals surface area contributed by atoms with Crippen molar-refractivity contribution >= 4 is 42.9 Å². The maximum Gasteiger partial charge on any atom is 0.294 e. The van der Waals surface area contributed by atoms with Crippen LogP contribution in [-0.2, 0) is 18.2 Å². The third kappa shape index (κ3) is 4.74. The molecule has 4 heterocycles. The zero-order valence-electron chi connectivity index (χ0n) is 26.4. The van der Waals surface area contributed by atoms with Gasteiger partial charge >= 0.3 is 0 Å². The van der Waals surface area contributed by atoms with Gasteiger partial charge in [0.25, 0.3) is 5.82 Å². The smallest absolute Gasteiger partial charge is 0.294 e.